The number of hydrogen-bond acceptors (Lipinski definition) is 6. The summed E-state index contributed by atoms with van der Waals surface area (Å²) >= 11 is 0. The van der Waals surface area contributed by atoms with Crippen molar-refractivity contribution in [2.75, 3.05) is 22.7 Å². The van der Waals surface area contributed by atoms with Crippen LogP contribution in [0.2, 0.25) is 0 Å². The quantitative estimate of drug-likeness (QED) is 0.447. The van der Waals surface area contributed by atoms with Gasteiger partial charge >= 0.3 is 12.1 Å². The molecule has 0 aliphatic carbocycles. The van der Waals surface area contributed by atoms with Crippen molar-refractivity contribution < 1.29 is 31.5 Å². The lowest BCUT2D eigenvalue weighted by molar-refractivity contribution is -0.142. The van der Waals surface area contributed by atoms with Crippen LogP contribution in [0.4, 0.5) is 24.8 Å². The number of hydrogen-bond donors (Lipinski definition) is 2. The Balaban J connectivity index is 1.67. The van der Waals surface area contributed by atoms with Crippen molar-refractivity contribution in [3.63, 3.8) is 0 Å². The number of carbonyl (C=O) groups is 1. The molecule has 0 radical (unpaired) electrons. The van der Waals surface area contributed by atoms with Crippen LogP contribution in [0.15, 0.2) is 59.6 Å². The number of halogens is 3. The van der Waals surface area contributed by atoms with Crippen molar-refractivity contribution in [1.82, 2.24) is 9.97 Å². The minimum absolute atomic E-state index is 0.194. The number of anilines is 2. The molecule has 1 atom stereocenters. The van der Waals surface area contributed by atoms with E-state index in [1.165, 1.54) is 18.2 Å². The zero-order chi connectivity index (χ0) is 26.8. The van der Waals surface area contributed by atoms with Gasteiger partial charge in [-0.2, -0.15) is 21.6 Å². The summed E-state index contributed by atoms with van der Waals surface area (Å²) in [7, 11) is -4.32. The van der Waals surface area contributed by atoms with E-state index in [-0.39, 0.29) is 28.6 Å². The Bertz CT molecular complexity index is 1410. The van der Waals surface area contributed by atoms with Gasteiger partial charge in [-0.25, -0.2) is 9.97 Å². The summed E-state index contributed by atoms with van der Waals surface area (Å²) in [5.41, 5.74) is -0.456. The summed E-state index contributed by atoms with van der Waals surface area (Å²) < 4.78 is 69.8. The highest BCUT2D eigenvalue weighted by Gasteiger charge is 2.35. The third-order valence-electron chi connectivity index (χ3n) is 6.17. The Kier molecular flexibility index (Phi) is 7.39. The van der Waals surface area contributed by atoms with E-state index in [1.54, 1.807) is 36.1 Å². The number of aryl methyl sites for hydroxylation is 1. The van der Waals surface area contributed by atoms with Crippen LogP contribution < -0.4 is 9.62 Å². The molecule has 1 saturated heterocycles. The van der Waals surface area contributed by atoms with Gasteiger partial charge in [-0.15, -0.1) is 0 Å². The van der Waals surface area contributed by atoms with Crippen LogP contribution in [0.5, 0.6) is 0 Å². The fraction of sp³-hybridized carbons (Fsp3) is 0.320. The number of rotatable bonds is 7. The highest BCUT2D eigenvalue weighted by molar-refractivity contribution is 7.92. The molecule has 12 heteroatoms. The van der Waals surface area contributed by atoms with Crippen LogP contribution in [0.3, 0.4) is 0 Å². The van der Waals surface area contributed by atoms with Gasteiger partial charge < -0.3 is 10.0 Å². The second-order valence-electron chi connectivity index (χ2n) is 8.66. The van der Waals surface area contributed by atoms with Crippen LogP contribution >= 0.6 is 0 Å². The predicted octanol–water partition coefficient (Wildman–Crippen LogP) is 4.83. The number of pyridine rings is 2. The molecule has 1 aliphatic heterocycles. The van der Waals surface area contributed by atoms with Gasteiger partial charge in [0, 0.05) is 18.7 Å². The Morgan fingerprint density at radius 3 is 2.57 bits per heavy atom. The zero-order valence-electron chi connectivity index (χ0n) is 19.9. The molecule has 1 fully saturated rings. The third-order valence-corrected chi connectivity index (χ3v) is 7.43. The molecule has 2 aromatic heterocycles. The first-order valence-corrected chi connectivity index (χ1v) is 13.1. The second-order valence-corrected chi connectivity index (χ2v) is 10.3. The van der Waals surface area contributed by atoms with Crippen molar-refractivity contribution in [1.29, 1.82) is 0 Å². The van der Waals surface area contributed by atoms with Gasteiger partial charge in [-0.1, -0.05) is 37.3 Å². The summed E-state index contributed by atoms with van der Waals surface area (Å²) in [6.45, 7) is 2.52. The average molecular weight is 535 g/mol. The molecule has 1 aromatic carbocycles. The number of carboxylic acid groups (broad SMARTS) is 1. The predicted molar refractivity (Wildman–Crippen MR) is 132 cm³/mol. The van der Waals surface area contributed by atoms with Gasteiger partial charge in [-0.05, 0) is 49.1 Å². The number of nitrogens with zero attached hydrogens (tertiary/aromatic N) is 3. The van der Waals surface area contributed by atoms with Crippen molar-refractivity contribution >= 4 is 27.6 Å². The third kappa shape index (κ3) is 5.85. The number of benzene rings is 1. The largest absolute Gasteiger partial charge is 0.481 e. The summed E-state index contributed by atoms with van der Waals surface area (Å²) in [5, 5.41) is 8.97. The first-order chi connectivity index (χ1) is 17.5. The summed E-state index contributed by atoms with van der Waals surface area (Å²) in [6, 6.07) is 12.6. The average Bonchev–Trinajstić information content (AvgIpc) is 2.88. The van der Waals surface area contributed by atoms with E-state index < -0.39 is 33.7 Å². The van der Waals surface area contributed by atoms with Crippen LogP contribution in [-0.4, -0.2) is 42.6 Å². The fourth-order valence-corrected chi connectivity index (χ4v) is 5.28. The molecule has 8 nitrogen and oxygen atoms in total. The van der Waals surface area contributed by atoms with E-state index in [0.717, 1.165) is 12.1 Å². The monoisotopic (exact) mass is 534 g/mol. The minimum Gasteiger partial charge on any atom is -0.481 e. The molecule has 0 saturated carbocycles. The molecule has 0 spiro atoms. The summed E-state index contributed by atoms with van der Waals surface area (Å²) in [5.74, 6) is -1.50. The number of carboxylic acids is 1. The van der Waals surface area contributed by atoms with Crippen molar-refractivity contribution in [2.45, 2.75) is 37.4 Å². The molecule has 4 rings (SSSR count). The lowest BCUT2D eigenvalue weighted by Crippen LogP contribution is -2.39. The van der Waals surface area contributed by atoms with Crippen LogP contribution in [0.1, 0.15) is 30.9 Å². The SMILES string of the molecule is CCc1ccccc1-c1nc(NS(=O)(=O)c2cccc(N3CCC[C@H](C(=O)O)C3)n2)ccc1C(F)(F)F. The molecule has 0 bridgehead atoms. The van der Waals surface area contributed by atoms with Gasteiger partial charge in [0.15, 0.2) is 5.03 Å². The number of alkyl halides is 3. The molecule has 196 valence electrons. The second kappa shape index (κ2) is 10.4. The lowest BCUT2D eigenvalue weighted by atomic mass is 9.98. The molecular weight excluding hydrogens is 509 g/mol. The van der Waals surface area contributed by atoms with E-state index >= 15 is 0 Å². The van der Waals surface area contributed by atoms with Crippen molar-refractivity contribution in [3.05, 3.63) is 65.7 Å². The van der Waals surface area contributed by atoms with Gasteiger partial charge in [0.25, 0.3) is 10.0 Å². The molecule has 2 N–H and O–H groups in total. The van der Waals surface area contributed by atoms with Gasteiger partial charge in [-0.3, -0.25) is 9.52 Å². The first-order valence-electron chi connectivity index (χ1n) is 11.6. The molecule has 1 aliphatic rings. The Morgan fingerprint density at radius 2 is 1.86 bits per heavy atom. The molecule has 0 amide bonds. The molecular formula is C25H25F3N4O4S. The van der Waals surface area contributed by atoms with Crippen molar-refractivity contribution in [3.8, 4) is 11.3 Å². The van der Waals surface area contributed by atoms with E-state index in [2.05, 4.69) is 14.7 Å². The first kappa shape index (κ1) is 26.4. The Labute approximate surface area is 212 Å². The Morgan fingerprint density at radius 1 is 1.11 bits per heavy atom. The maximum Gasteiger partial charge on any atom is 0.418 e. The van der Waals surface area contributed by atoms with Gasteiger partial charge in [0.1, 0.15) is 11.6 Å². The van der Waals surface area contributed by atoms with Gasteiger partial charge in [0.2, 0.25) is 0 Å². The number of piperidine rings is 1. The van der Waals surface area contributed by atoms with Crippen LogP contribution in [0, 0.1) is 5.92 Å². The molecule has 37 heavy (non-hydrogen) atoms. The smallest absolute Gasteiger partial charge is 0.418 e. The normalized spacial score (nSPS) is 16.4. The lowest BCUT2D eigenvalue weighted by Gasteiger charge is -2.31. The molecule has 3 heterocycles. The van der Waals surface area contributed by atoms with E-state index in [9.17, 15) is 31.5 Å². The highest BCUT2D eigenvalue weighted by Crippen LogP contribution is 2.38. The van der Waals surface area contributed by atoms with Crippen LogP contribution in [-0.2, 0) is 27.4 Å². The van der Waals surface area contributed by atoms with Crippen LogP contribution in [0.25, 0.3) is 11.3 Å². The number of aliphatic carboxylic acids is 1. The Hall–Kier alpha value is -3.67. The summed E-state index contributed by atoms with van der Waals surface area (Å²) in [4.78, 5) is 21.3. The summed E-state index contributed by atoms with van der Waals surface area (Å²) in [6.07, 6.45) is -3.10. The maximum absolute atomic E-state index is 13.8. The minimum atomic E-state index is -4.70. The molecule has 0 unspecified atom stereocenters. The highest BCUT2D eigenvalue weighted by atomic mass is 32.2. The van der Waals surface area contributed by atoms with E-state index in [1.807, 2.05) is 0 Å². The molecule has 3 aromatic rings. The number of aromatic nitrogens is 2. The topological polar surface area (TPSA) is 112 Å². The number of nitrogens with one attached hydrogen (secondary N) is 1. The fourth-order valence-electron chi connectivity index (χ4n) is 4.32. The van der Waals surface area contributed by atoms with E-state index in [0.29, 0.717) is 37.2 Å². The maximum atomic E-state index is 13.8. The van der Waals surface area contributed by atoms with E-state index in [4.69, 9.17) is 0 Å². The van der Waals surface area contributed by atoms with Gasteiger partial charge in [0.05, 0.1) is 17.2 Å². The number of sulfonamides is 1. The zero-order valence-corrected chi connectivity index (χ0v) is 20.7. The van der Waals surface area contributed by atoms with Crippen molar-refractivity contribution in [2.24, 2.45) is 5.92 Å². The standard InChI is InChI=1S/C25H25F3N4O4S/c1-2-16-7-3-4-9-18(16)23-19(25(26,27)28)12-13-20(29-23)31-37(35,36)22-11-5-10-21(30-22)32-14-6-8-17(15-32)24(33)34/h3-5,7,9-13,17H,2,6,8,14-15H2,1H3,(H,29,31)(H,33,34)/t17-/m0/s1.